The van der Waals surface area contributed by atoms with Crippen LogP contribution in [0.5, 0.6) is 0 Å². The van der Waals surface area contributed by atoms with Crippen molar-refractivity contribution >= 4 is 30.5 Å². The third-order valence-electron chi connectivity index (χ3n) is 8.34. The van der Waals surface area contributed by atoms with Crippen LogP contribution in [-0.2, 0) is 6.42 Å². The normalized spacial score (nSPS) is 30.9. The zero-order chi connectivity index (χ0) is 20.3. The first-order chi connectivity index (χ1) is 14.1. The zero-order valence-corrected chi connectivity index (χ0v) is 20.7. The quantitative estimate of drug-likeness (QED) is 0.387. The smallest absolute Gasteiger partial charge is 0.0596 e. The molecule has 0 aliphatic heterocycles. The fourth-order valence-electron chi connectivity index (χ4n) is 6.63. The lowest BCUT2D eigenvalue weighted by Crippen LogP contribution is -2.43. The number of nitrogens with two attached hydrogens (primary N) is 1. The van der Waals surface area contributed by atoms with E-state index in [0.717, 1.165) is 57.3 Å². The zero-order valence-electron chi connectivity index (χ0n) is 19.1. The summed E-state index contributed by atoms with van der Waals surface area (Å²) in [6.07, 6.45) is 10.6. The first-order valence-electron chi connectivity index (χ1n) is 12.1. The Morgan fingerprint density at radius 1 is 1.03 bits per heavy atom. The van der Waals surface area contributed by atoms with Crippen molar-refractivity contribution in [2.24, 2.45) is 23.0 Å². The second-order valence-corrected chi connectivity index (χ2v) is 9.99. The van der Waals surface area contributed by atoms with Gasteiger partial charge in [0.2, 0.25) is 0 Å². The Labute approximate surface area is 201 Å². The predicted octanol–water partition coefficient (Wildman–Crippen LogP) is 4.88. The molecule has 4 nitrogen and oxygen atoms in total. The van der Waals surface area contributed by atoms with Crippen molar-refractivity contribution in [3.8, 4) is 0 Å². The van der Waals surface area contributed by atoms with Crippen molar-refractivity contribution in [1.82, 2.24) is 5.32 Å². The highest BCUT2D eigenvalue weighted by Gasteiger charge is 2.54. The molecule has 0 radical (unpaired) electrons. The number of hydrogen-bond donors (Lipinski definition) is 4. The van der Waals surface area contributed by atoms with Crippen LogP contribution in [0.4, 0.5) is 5.69 Å². The molecule has 3 aliphatic carbocycles. The van der Waals surface area contributed by atoms with Crippen LogP contribution in [0.2, 0.25) is 0 Å². The van der Waals surface area contributed by atoms with Gasteiger partial charge in [-0.05, 0) is 124 Å². The molecule has 0 heterocycles. The number of halogens is 2. The van der Waals surface area contributed by atoms with Crippen molar-refractivity contribution in [3.63, 3.8) is 0 Å². The number of benzene rings is 1. The molecule has 5 atom stereocenters. The minimum absolute atomic E-state index is 0. The molecule has 0 bridgehead atoms. The SMILES string of the molecule is C[C@]12CCC3c4ccc(NCCCNCCCCN)cc4CCC3C1CCC2O.Cl.Cl. The third-order valence-corrected chi connectivity index (χ3v) is 8.34. The molecule has 6 heteroatoms. The average Bonchev–Trinajstić information content (AvgIpc) is 3.04. The largest absolute Gasteiger partial charge is 0.393 e. The van der Waals surface area contributed by atoms with E-state index in [2.05, 4.69) is 35.8 Å². The molecule has 4 unspecified atom stereocenters. The maximum atomic E-state index is 10.6. The van der Waals surface area contributed by atoms with Gasteiger partial charge in [-0.15, -0.1) is 24.8 Å². The van der Waals surface area contributed by atoms with Crippen LogP contribution in [0.15, 0.2) is 18.2 Å². The number of hydrogen-bond acceptors (Lipinski definition) is 4. The Kier molecular flexibility index (Phi) is 10.4. The Hall–Kier alpha value is -0.520. The first-order valence-corrected chi connectivity index (χ1v) is 12.1. The molecule has 5 N–H and O–H groups in total. The van der Waals surface area contributed by atoms with Gasteiger partial charge in [0.05, 0.1) is 6.10 Å². The number of aryl methyl sites for hydroxylation is 1. The summed E-state index contributed by atoms with van der Waals surface area (Å²) < 4.78 is 0. The molecule has 0 aromatic heterocycles. The van der Waals surface area contributed by atoms with Crippen LogP contribution in [0, 0.1) is 17.3 Å². The second-order valence-electron chi connectivity index (χ2n) is 9.99. The minimum atomic E-state index is -0.0726. The van der Waals surface area contributed by atoms with Crippen molar-refractivity contribution in [2.45, 2.75) is 76.7 Å². The van der Waals surface area contributed by atoms with Crippen LogP contribution in [0.25, 0.3) is 0 Å². The van der Waals surface area contributed by atoms with Gasteiger partial charge in [0.25, 0.3) is 0 Å². The first kappa shape index (κ1) is 26.7. The van der Waals surface area contributed by atoms with Crippen molar-refractivity contribution in [1.29, 1.82) is 0 Å². The van der Waals surface area contributed by atoms with Gasteiger partial charge in [-0.3, -0.25) is 0 Å². The van der Waals surface area contributed by atoms with Gasteiger partial charge in [-0.1, -0.05) is 13.0 Å². The van der Waals surface area contributed by atoms with Gasteiger partial charge >= 0.3 is 0 Å². The van der Waals surface area contributed by atoms with E-state index in [1.54, 1.807) is 11.1 Å². The average molecular weight is 473 g/mol. The lowest BCUT2D eigenvalue weighted by molar-refractivity contribution is -0.0226. The summed E-state index contributed by atoms with van der Waals surface area (Å²) in [5, 5.41) is 17.7. The van der Waals surface area contributed by atoms with E-state index in [1.807, 2.05) is 0 Å². The molecule has 1 aromatic carbocycles. The van der Waals surface area contributed by atoms with E-state index < -0.39 is 0 Å². The summed E-state index contributed by atoms with van der Waals surface area (Å²) in [5.41, 5.74) is 10.2. The van der Waals surface area contributed by atoms with Gasteiger partial charge in [0.15, 0.2) is 0 Å². The predicted molar refractivity (Wildman–Crippen MR) is 136 cm³/mol. The lowest BCUT2D eigenvalue weighted by atomic mass is 9.55. The topological polar surface area (TPSA) is 70.3 Å². The standard InChI is InChI=1S/C25H41N3O.2ClH/c1-25-12-11-21-20-8-6-19(28-16-4-15-27-14-3-2-13-26)17-18(20)5-7-22(21)23(25)9-10-24(25)29;;/h6,8,17,21-24,27-29H,2-5,7,9-16,26H2,1H3;2*1H/t21?,22?,23?,24?,25-;;/m0../s1. The molecular formula is C25H43Cl2N3O. The monoisotopic (exact) mass is 471 g/mol. The van der Waals surface area contributed by atoms with Crippen molar-refractivity contribution < 1.29 is 5.11 Å². The highest BCUT2D eigenvalue weighted by Crippen LogP contribution is 2.60. The maximum absolute atomic E-state index is 10.6. The molecule has 1 aromatic rings. The highest BCUT2D eigenvalue weighted by atomic mass is 35.5. The number of aliphatic hydroxyl groups is 1. The van der Waals surface area contributed by atoms with Gasteiger partial charge in [0, 0.05) is 12.2 Å². The maximum Gasteiger partial charge on any atom is 0.0596 e. The van der Waals surface area contributed by atoms with E-state index in [4.69, 9.17) is 5.73 Å². The molecule has 0 saturated heterocycles. The molecule has 3 aliphatic rings. The van der Waals surface area contributed by atoms with E-state index in [1.165, 1.54) is 44.2 Å². The fourth-order valence-corrected chi connectivity index (χ4v) is 6.63. The second kappa shape index (κ2) is 12.1. The summed E-state index contributed by atoms with van der Waals surface area (Å²) in [6, 6.07) is 7.12. The van der Waals surface area contributed by atoms with Gasteiger partial charge < -0.3 is 21.5 Å². The van der Waals surface area contributed by atoms with Gasteiger partial charge in [-0.25, -0.2) is 0 Å². The summed E-state index contributed by atoms with van der Waals surface area (Å²) in [7, 11) is 0. The third kappa shape index (κ3) is 5.70. The summed E-state index contributed by atoms with van der Waals surface area (Å²) in [6.45, 7) is 6.33. The van der Waals surface area contributed by atoms with E-state index >= 15 is 0 Å². The minimum Gasteiger partial charge on any atom is -0.393 e. The number of aliphatic hydroxyl groups excluding tert-OH is 1. The van der Waals surface area contributed by atoms with Gasteiger partial charge in [0.1, 0.15) is 0 Å². The van der Waals surface area contributed by atoms with Crippen LogP contribution in [0.1, 0.15) is 75.3 Å². The summed E-state index contributed by atoms with van der Waals surface area (Å²) >= 11 is 0. The van der Waals surface area contributed by atoms with Crippen LogP contribution in [-0.4, -0.2) is 37.4 Å². The highest BCUT2D eigenvalue weighted by molar-refractivity contribution is 5.85. The molecule has 2 saturated carbocycles. The fraction of sp³-hybridized carbons (Fsp3) is 0.760. The Bertz CT molecular complexity index is 689. The summed E-state index contributed by atoms with van der Waals surface area (Å²) in [5.74, 6) is 2.22. The number of rotatable bonds is 9. The number of nitrogens with one attached hydrogen (secondary N) is 2. The lowest BCUT2D eigenvalue weighted by Gasteiger charge is -2.50. The van der Waals surface area contributed by atoms with Crippen molar-refractivity contribution in [3.05, 3.63) is 29.3 Å². The number of unbranched alkanes of at least 4 members (excludes halogenated alkanes) is 1. The van der Waals surface area contributed by atoms with E-state index in [0.29, 0.717) is 5.92 Å². The molecule has 0 spiro atoms. The Morgan fingerprint density at radius 3 is 2.65 bits per heavy atom. The van der Waals surface area contributed by atoms with Gasteiger partial charge in [-0.2, -0.15) is 0 Å². The molecule has 178 valence electrons. The van der Waals surface area contributed by atoms with Crippen LogP contribution in [0.3, 0.4) is 0 Å². The molecular weight excluding hydrogens is 429 g/mol. The Balaban J connectivity index is 0.00000171. The molecule has 4 rings (SSSR count). The number of fused-ring (bicyclic) bond motifs is 5. The van der Waals surface area contributed by atoms with Crippen LogP contribution < -0.4 is 16.4 Å². The molecule has 31 heavy (non-hydrogen) atoms. The Morgan fingerprint density at radius 2 is 1.84 bits per heavy atom. The summed E-state index contributed by atoms with van der Waals surface area (Å²) in [4.78, 5) is 0. The molecule has 0 amide bonds. The number of anilines is 1. The van der Waals surface area contributed by atoms with Crippen molar-refractivity contribution in [2.75, 3.05) is 31.5 Å². The molecule has 2 fully saturated rings. The van der Waals surface area contributed by atoms with Crippen LogP contribution >= 0.6 is 24.8 Å². The van der Waals surface area contributed by atoms with E-state index in [9.17, 15) is 5.11 Å². The van der Waals surface area contributed by atoms with E-state index in [-0.39, 0.29) is 36.3 Å².